The molecule has 0 aliphatic rings. The molecule has 40 heavy (non-hydrogen) atoms. The van der Waals surface area contributed by atoms with E-state index in [1.54, 1.807) is 31.2 Å². The van der Waals surface area contributed by atoms with Crippen LogP contribution in [0.4, 0.5) is 5.69 Å². The Morgan fingerprint density at radius 3 is 1.57 bits per heavy atom. The zero-order valence-electron chi connectivity index (χ0n) is 21.9. The minimum absolute atomic E-state index is 0.112. The van der Waals surface area contributed by atoms with Crippen molar-refractivity contribution in [3.63, 3.8) is 0 Å². The number of amides is 1. The first-order valence-corrected chi connectivity index (χ1v) is 12.0. The lowest BCUT2D eigenvalue weighted by Gasteiger charge is -2.39. The molecule has 0 radical (unpaired) electrons. The van der Waals surface area contributed by atoms with Crippen LogP contribution in [-0.4, -0.2) is 134 Å². The lowest BCUT2D eigenvalue weighted by Crippen LogP contribution is -2.55. The molecule has 6 N–H and O–H groups in total. The molecule has 0 spiro atoms. The SMILES string of the molecule is C=CC(=O)Nc1ccc(C[C@H](CN(CC(=O)O)CC(=O)O)N(CC(=O)O)[C@@H](C)CN(CC(=O)O)CC(=O)O)cc1. The third-order valence-corrected chi connectivity index (χ3v) is 5.66. The van der Waals surface area contributed by atoms with Crippen molar-refractivity contribution in [2.75, 3.05) is 51.1 Å². The van der Waals surface area contributed by atoms with Gasteiger partial charge in [-0.3, -0.25) is 43.5 Å². The van der Waals surface area contributed by atoms with Gasteiger partial charge in [-0.1, -0.05) is 18.7 Å². The second-order valence-electron chi connectivity index (χ2n) is 9.08. The first-order chi connectivity index (χ1) is 18.7. The summed E-state index contributed by atoms with van der Waals surface area (Å²) in [5.41, 5.74) is 1.10. The van der Waals surface area contributed by atoms with E-state index in [0.29, 0.717) is 11.3 Å². The molecule has 0 aliphatic heterocycles. The first kappa shape index (κ1) is 33.7. The van der Waals surface area contributed by atoms with Gasteiger partial charge in [0.2, 0.25) is 5.91 Å². The van der Waals surface area contributed by atoms with Crippen LogP contribution in [0.15, 0.2) is 36.9 Å². The molecule has 2 atom stereocenters. The number of hydrogen-bond acceptors (Lipinski definition) is 9. The van der Waals surface area contributed by atoms with Crippen molar-refractivity contribution in [1.82, 2.24) is 14.7 Å². The molecule has 0 aliphatic carbocycles. The smallest absolute Gasteiger partial charge is 0.317 e. The number of carboxylic acid groups (broad SMARTS) is 5. The minimum atomic E-state index is -1.30. The molecule has 0 saturated heterocycles. The molecule has 1 rings (SSSR count). The van der Waals surface area contributed by atoms with Crippen LogP contribution in [0.5, 0.6) is 0 Å². The highest BCUT2D eigenvalue weighted by molar-refractivity contribution is 5.98. The molecule has 15 nitrogen and oxygen atoms in total. The quantitative estimate of drug-likeness (QED) is 0.109. The highest BCUT2D eigenvalue weighted by Crippen LogP contribution is 2.18. The number of carbonyl (C=O) groups is 6. The van der Waals surface area contributed by atoms with Gasteiger partial charge in [-0.15, -0.1) is 0 Å². The molecule has 0 heterocycles. The van der Waals surface area contributed by atoms with E-state index >= 15 is 0 Å². The highest BCUT2D eigenvalue weighted by Gasteiger charge is 2.31. The maximum Gasteiger partial charge on any atom is 0.317 e. The van der Waals surface area contributed by atoms with Gasteiger partial charge in [-0.25, -0.2) is 0 Å². The number of anilines is 1. The van der Waals surface area contributed by atoms with Crippen LogP contribution in [0.2, 0.25) is 0 Å². The Morgan fingerprint density at radius 1 is 0.750 bits per heavy atom. The van der Waals surface area contributed by atoms with Gasteiger partial charge < -0.3 is 30.8 Å². The van der Waals surface area contributed by atoms with E-state index in [1.165, 1.54) is 4.90 Å². The Kier molecular flexibility index (Phi) is 14.0. The lowest BCUT2D eigenvalue weighted by atomic mass is 10.0. The summed E-state index contributed by atoms with van der Waals surface area (Å²) in [6.07, 6.45) is 1.20. The lowest BCUT2D eigenvalue weighted by molar-refractivity contribution is -0.144. The normalized spacial score (nSPS) is 12.6. The minimum Gasteiger partial charge on any atom is -0.480 e. The predicted molar refractivity (Wildman–Crippen MR) is 140 cm³/mol. The van der Waals surface area contributed by atoms with Gasteiger partial charge in [-0.2, -0.15) is 0 Å². The van der Waals surface area contributed by atoms with Gasteiger partial charge in [0.15, 0.2) is 0 Å². The van der Waals surface area contributed by atoms with E-state index < -0.39 is 80.6 Å². The van der Waals surface area contributed by atoms with Crippen LogP contribution in [0.1, 0.15) is 12.5 Å². The molecule has 220 valence electrons. The number of rotatable bonds is 20. The standard InChI is InChI=1S/C25H34N4O11/c1-3-20(30)26-18-6-4-17(5-7-18)8-19(10-28(13-23(35)36)14-24(37)38)29(15-25(39)40)16(2)9-27(11-21(31)32)12-22(33)34/h3-7,16,19H,1,8-15H2,2H3,(H,26,30)(H,31,32)(H,33,34)(H,35,36)(H,37,38)(H,39,40)/t16-,19+/m0/s1. The molecule has 0 aromatic heterocycles. The van der Waals surface area contributed by atoms with Gasteiger partial charge in [-0.05, 0) is 37.1 Å². The van der Waals surface area contributed by atoms with Crippen molar-refractivity contribution in [2.45, 2.75) is 25.4 Å². The van der Waals surface area contributed by atoms with Gasteiger partial charge in [0.25, 0.3) is 0 Å². The van der Waals surface area contributed by atoms with Crippen molar-refractivity contribution >= 4 is 41.4 Å². The molecule has 0 fully saturated rings. The van der Waals surface area contributed by atoms with Crippen LogP contribution in [0.25, 0.3) is 0 Å². The number of hydrogen-bond donors (Lipinski definition) is 6. The number of aliphatic carboxylic acids is 5. The van der Waals surface area contributed by atoms with Crippen LogP contribution in [0.3, 0.4) is 0 Å². The topological polar surface area (TPSA) is 225 Å². The summed E-state index contributed by atoms with van der Waals surface area (Å²) in [5, 5.41) is 49.2. The number of carbonyl (C=O) groups excluding carboxylic acids is 1. The second kappa shape index (κ2) is 16.6. The predicted octanol–water partition coefficient (Wildman–Crippen LogP) is -0.560. The van der Waals surface area contributed by atoms with E-state index in [1.807, 2.05) is 0 Å². The number of carboxylic acids is 5. The fourth-order valence-corrected chi connectivity index (χ4v) is 4.19. The van der Waals surface area contributed by atoms with Crippen LogP contribution in [0, 0.1) is 0 Å². The maximum absolute atomic E-state index is 11.8. The Hall–Kier alpha value is -4.34. The van der Waals surface area contributed by atoms with Crippen LogP contribution >= 0.6 is 0 Å². The Bertz CT molecular complexity index is 1050. The van der Waals surface area contributed by atoms with Gasteiger partial charge >= 0.3 is 29.8 Å². The van der Waals surface area contributed by atoms with E-state index in [2.05, 4.69) is 11.9 Å². The number of nitrogens with one attached hydrogen (secondary N) is 1. The van der Waals surface area contributed by atoms with E-state index in [-0.39, 0.29) is 19.5 Å². The van der Waals surface area contributed by atoms with Crippen molar-refractivity contribution in [3.8, 4) is 0 Å². The largest absolute Gasteiger partial charge is 0.480 e. The third kappa shape index (κ3) is 13.5. The fourth-order valence-electron chi connectivity index (χ4n) is 4.19. The third-order valence-electron chi connectivity index (χ3n) is 5.66. The Morgan fingerprint density at radius 2 is 1.18 bits per heavy atom. The summed E-state index contributed by atoms with van der Waals surface area (Å²) < 4.78 is 0. The highest BCUT2D eigenvalue weighted by atomic mass is 16.4. The van der Waals surface area contributed by atoms with E-state index in [4.69, 9.17) is 0 Å². The average Bonchev–Trinajstić information content (AvgIpc) is 2.81. The zero-order chi connectivity index (χ0) is 30.4. The summed E-state index contributed by atoms with van der Waals surface area (Å²) in [4.78, 5) is 72.4. The molecule has 0 bridgehead atoms. The molecule has 1 amide bonds. The monoisotopic (exact) mass is 566 g/mol. The molecular formula is C25H34N4O11. The van der Waals surface area contributed by atoms with E-state index in [9.17, 15) is 54.3 Å². The fraction of sp³-hybridized carbons (Fsp3) is 0.440. The second-order valence-corrected chi connectivity index (χ2v) is 9.08. The van der Waals surface area contributed by atoms with Crippen molar-refractivity contribution in [1.29, 1.82) is 0 Å². The Labute approximate surface area is 229 Å². The average molecular weight is 567 g/mol. The van der Waals surface area contributed by atoms with Gasteiger partial charge in [0.05, 0.1) is 32.7 Å². The summed E-state index contributed by atoms with van der Waals surface area (Å²) in [5.74, 6) is -6.86. The van der Waals surface area contributed by atoms with Gasteiger partial charge in [0, 0.05) is 30.9 Å². The molecule has 1 aromatic rings. The zero-order valence-corrected chi connectivity index (χ0v) is 21.9. The summed E-state index contributed by atoms with van der Waals surface area (Å²) in [6.45, 7) is 1.48. The summed E-state index contributed by atoms with van der Waals surface area (Å²) in [7, 11) is 0. The van der Waals surface area contributed by atoms with Crippen molar-refractivity contribution in [3.05, 3.63) is 42.5 Å². The number of benzene rings is 1. The molecule has 0 saturated carbocycles. The van der Waals surface area contributed by atoms with Crippen molar-refractivity contribution < 1.29 is 54.3 Å². The van der Waals surface area contributed by atoms with Crippen LogP contribution in [-0.2, 0) is 35.2 Å². The Balaban J connectivity index is 3.42. The first-order valence-electron chi connectivity index (χ1n) is 12.0. The molecular weight excluding hydrogens is 532 g/mol. The number of nitrogens with zero attached hydrogens (tertiary/aromatic N) is 3. The van der Waals surface area contributed by atoms with Gasteiger partial charge in [0.1, 0.15) is 0 Å². The molecule has 0 unspecified atom stereocenters. The molecule has 15 heteroatoms. The van der Waals surface area contributed by atoms with Crippen LogP contribution < -0.4 is 5.32 Å². The summed E-state index contributed by atoms with van der Waals surface area (Å²) >= 11 is 0. The summed E-state index contributed by atoms with van der Waals surface area (Å²) in [6, 6.07) is 4.93. The van der Waals surface area contributed by atoms with Crippen molar-refractivity contribution in [2.24, 2.45) is 0 Å². The maximum atomic E-state index is 11.8. The molecule has 1 aromatic carbocycles. The van der Waals surface area contributed by atoms with E-state index in [0.717, 1.165) is 15.9 Å².